The van der Waals surface area contributed by atoms with E-state index in [0.717, 1.165) is 47.2 Å². The van der Waals surface area contributed by atoms with Crippen molar-refractivity contribution in [3.05, 3.63) is 24.7 Å². The van der Waals surface area contributed by atoms with Gasteiger partial charge in [0.25, 0.3) is 0 Å². The minimum absolute atomic E-state index is 0.0257. The zero-order valence-electron chi connectivity index (χ0n) is 16.3. The molecule has 29 heavy (non-hydrogen) atoms. The summed E-state index contributed by atoms with van der Waals surface area (Å²) in [6, 6.07) is 0. The molecule has 0 unspecified atom stereocenters. The van der Waals surface area contributed by atoms with Gasteiger partial charge in [0.2, 0.25) is 0 Å². The fourth-order valence-corrected chi connectivity index (χ4v) is 7.12. The van der Waals surface area contributed by atoms with Crippen LogP contribution in [0.1, 0.15) is 44.3 Å². The van der Waals surface area contributed by atoms with Crippen LogP contribution >= 0.6 is 0 Å². The number of aromatic nitrogens is 10. The van der Waals surface area contributed by atoms with E-state index < -0.39 is 0 Å². The first-order valence-corrected chi connectivity index (χ1v) is 10.4. The van der Waals surface area contributed by atoms with E-state index in [0.29, 0.717) is 0 Å². The largest absolute Gasteiger partial charge is 0.250 e. The highest BCUT2D eigenvalue weighted by Gasteiger charge is 2.59. The maximum absolute atomic E-state index is 4.92. The van der Waals surface area contributed by atoms with Gasteiger partial charge in [-0.25, -0.2) is 14.5 Å². The molecule has 4 aliphatic carbocycles. The second kappa shape index (κ2) is 5.17. The molecule has 4 aliphatic rings. The molecule has 4 aromatic heterocycles. The number of aryl methyl sites for hydroxylation is 1. The molecular weight excluding hydrogens is 368 g/mol. The summed E-state index contributed by atoms with van der Waals surface area (Å²) in [5.74, 6) is 2.39. The summed E-state index contributed by atoms with van der Waals surface area (Å²) in [4.78, 5) is 11.3. The topological polar surface area (TPSA) is 105 Å². The number of hydrogen-bond donors (Lipinski definition) is 0. The Bertz CT molecular complexity index is 1220. The predicted octanol–water partition coefficient (Wildman–Crippen LogP) is 1.54. The Hall–Kier alpha value is -2.91. The van der Waals surface area contributed by atoms with Crippen molar-refractivity contribution in [2.45, 2.75) is 50.5 Å². The summed E-state index contributed by atoms with van der Waals surface area (Å²) in [7, 11) is 1.90. The summed E-state index contributed by atoms with van der Waals surface area (Å²) < 4.78 is 3.58. The molecule has 0 saturated heterocycles. The van der Waals surface area contributed by atoms with Gasteiger partial charge in [0.15, 0.2) is 23.4 Å². The van der Waals surface area contributed by atoms with Crippen LogP contribution < -0.4 is 0 Å². The predicted molar refractivity (Wildman–Crippen MR) is 102 cm³/mol. The van der Waals surface area contributed by atoms with Crippen LogP contribution in [0.5, 0.6) is 0 Å². The lowest BCUT2D eigenvalue weighted by Crippen LogP contribution is -2.57. The van der Waals surface area contributed by atoms with Gasteiger partial charge in [0, 0.05) is 13.5 Å². The third kappa shape index (κ3) is 2.14. The Morgan fingerprint density at radius 1 is 1.10 bits per heavy atom. The van der Waals surface area contributed by atoms with Crippen LogP contribution in [0.25, 0.3) is 16.7 Å². The van der Waals surface area contributed by atoms with Gasteiger partial charge in [-0.2, -0.15) is 9.90 Å². The summed E-state index contributed by atoms with van der Waals surface area (Å²) >= 11 is 0. The minimum Gasteiger partial charge on any atom is -0.250 e. The molecule has 8 rings (SSSR count). The molecule has 4 saturated carbocycles. The molecule has 0 aliphatic heterocycles. The van der Waals surface area contributed by atoms with Gasteiger partial charge in [0.05, 0.1) is 17.1 Å². The van der Waals surface area contributed by atoms with Crippen molar-refractivity contribution >= 4 is 16.7 Å². The first kappa shape index (κ1) is 15.9. The Balaban J connectivity index is 1.29. The van der Waals surface area contributed by atoms with Crippen molar-refractivity contribution in [2.24, 2.45) is 24.3 Å². The third-order valence-corrected chi connectivity index (χ3v) is 7.57. The second-order valence-corrected chi connectivity index (χ2v) is 9.63. The van der Waals surface area contributed by atoms with Crippen LogP contribution in [0.3, 0.4) is 0 Å². The van der Waals surface area contributed by atoms with E-state index in [1.807, 2.05) is 18.0 Å². The number of hydrogen-bond acceptors (Lipinski definition) is 7. The monoisotopic (exact) mass is 390 g/mol. The molecule has 0 aromatic carbocycles. The van der Waals surface area contributed by atoms with Crippen molar-refractivity contribution in [2.75, 3.05) is 0 Å². The van der Waals surface area contributed by atoms with Crippen molar-refractivity contribution in [1.82, 2.24) is 49.6 Å². The van der Waals surface area contributed by atoms with E-state index in [4.69, 9.17) is 10.1 Å². The summed E-state index contributed by atoms with van der Waals surface area (Å²) in [6.45, 7) is 0. The van der Waals surface area contributed by atoms with Crippen molar-refractivity contribution in [1.29, 1.82) is 0 Å². The molecule has 148 valence electrons. The first-order valence-electron chi connectivity index (χ1n) is 10.4. The molecule has 2 atom stereocenters. The zero-order chi connectivity index (χ0) is 19.2. The van der Waals surface area contributed by atoms with Gasteiger partial charge in [0.1, 0.15) is 6.33 Å². The average molecular weight is 390 g/mol. The highest BCUT2D eigenvalue weighted by atomic mass is 15.6. The molecule has 10 heteroatoms. The smallest absolute Gasteiger partial charge is 0.170 e. The molecule has 4 heterocycles. The third-order valence-electron chi connectivity index (χ3n) is 7.57. The van der Waals surface area contributed by atoms with Crippen LogP contribution in [0, 0.1) is 17.3 Å². The average Bonchev–Trinajstić information content (AvgIpc) is 3.39. The number of fused-ring (bicyclic) bond motifs is 3. The van der Waals surface area contributed by atoms with E-state index in [1.54, 1.807) is 21.9 Å². The first-order chi connectivity index (χ1) is 14.1. The second-order valence-electron chi connectivity index (χ2n) is 9.63. The number of rotatable bonds is 3. The van der Waals surface area contributed by atoms with Gasteiger partial charge in [-0.05, 0) is 61.0 Å². The molecular formula is C19H22N10. The fourth-order valence-electron chi connectivity index (χ4n) is 7.12. The van der Waals surface area contributed by atoms with Gasteiger partial charge in [-0.1, -0.05) is 0 Å². The quantitative estimate of drug-likeness (QED) is 0.522. The van der Waals surface area contributed by atoms with Crippen LogP contribution in [-0.2, 0) is 19.0 Å². The van der Waals surface area contributed by atoms with Crippen molar-refractivity contribution < 1.29 is 0 Å². The lowest BCUT2D eigenvalue weighted by atomic mass is 9.46. The maximum Gasteiger partial charge on any atom is 0.170 e. The molecule has 4 fully saturated rings. The van der Waals surface area contributed by atoms with E-state index >= 15 is 0 Å². The molecule has 4 bridgehead atoms. The Kier molecular flexibility index (Phi) is 2.84. The van der Waals surface area contributed by atoms with E-state index in [9.17, 15) is 0 Å². The van der Waals surface area contributed by atoms with E-state index in [1.165, 1.54) is 32.1 Å². The van der Waals surface area contributed by atoms with Crippen LogP contribution in [0.2, 0.25) is 0 Å². The van der Waals surface area contributed by atoms with Gasteiger partial charge in [-0.15, -0.1) is 15.3 Å². The molecule has 0 amide bonds. The SMILES string of the molecule is Cn1ncc2c1ncn1nc(CC34C[C@@H]5C[C@@H](C3)CC(n3ncnn3)(C5)C4)nc21. The Morgan fingerprint density at radius 3 is 2.76 bits per heavy atom. The van der Waals surface area contributed by atoms with E-state index in [-0.39, 0.29) is 11.0 Å². The lowest BCUT2D eigenvalue weighted by molar-refractivity contribution is -0.112. The summed E-state index contributed by atoms with van der Waals surface area (Å²) in [6.07, 6.45) is 13.4. The van der Waals surface area contributed by atoms with Crippen LogP contribution in [-0.4, -0.2) is 49.6 Å². The maximum atomic E-state index is 4.92. The van der Waals surface area contributed by atoms with E-state index in [2.05, 4.69) is 25.5 Å². The van der Waals surface area contributed by atoms with Crippen LogP contribution in [0.4, 0.5) is 0 Å². The molecule has 0 radical (unpaired) electrons. The summed E-state index contributed by atoms with van der Waals surface area (Å²) in [5.41, 5.74) is 1.93. The van der Waals surface area contributed by atoms with Gasteiger partial charge >= 0.3 is 0 Å². The molecule has 0 N–H and O–H groups in total. The number of tetrazole rings is 1. The van der Waals surface area contributed by atoms with Crippen molar-refractivity contribution in [3.63, 3.8) is 0 Å². The Labute approximate surface area is 166 Å². The summed E-state index contributed by atoms with van der Waals surface area (Å²) in [5, 5.41) is 22.8. The highest BCUT2D eigenvalue weighted by molar-refractivity contribution is 5.88. The normalized spacial score (nSPS) is 33.3. The fraction of sp³-hybridized carbons (Fsp3) is 0.632. The van der Waals surface area contributed by atoms with Crippen molar-refractivity contribution in [3.8, 4) is 0 Å². The lowest BCUT2D eigenvalue weighted by Gasteiger charge is -2.61. The number of nitrogens with zero attached hydrogens (tertiary/aromatic N) is 10. The Morgan fingerprint density at radius 2 is 1.97 bits per heavy atom. The molecule has 0 spiro atoms. The van der Waals surface area contributed by atoms with Crippen LogP contribution in [0.15, 0.2) is 18.9 Å². The standard InChI is InChI=1S/C19H22N10/c1-27-16-14(8-22-27)17-24-15(25-28(17)11-20-16)7-18-3-12-2-13(4-18)6-19(5-12,9-18)29-23-10-21-26-29/h8,10-13H,2-7,9H2,1H3/t12-,13-,18?,19?/m0/s1. The van der Waals surface area contributed by atoms with Gasteiger partial charge in [-0.3, -0.25) is 4.68 Å². The zero-order valence-corrected chi connectivity index (χ0v) is 16.3. The molecule has 10 nitrogen and oxygen atoms in total. The van der Waals surface area contributed by atoms with Gasteiger partial charge < -0.3 is 0 Å². The molecule has 4 aromatic rings. The highest BCUT2D eigenvalue weighted by Crippen LogP contribution is 2.64. The minimum atomic E-state index is 0.0257.